The third kappa shape index (κ3) is 4.91. The number of nitrogens with zero attached hydrogens (tertiary/aromatic N) is 3. The number of rotatable bonds is 7. The normalized spacial score (nSPS) is 16.5. The summed E-state index contributed by atoms with van der Waals surface area (Å²) in [7, 11) is 3.18. The molecule has 7 nitrogen and oxygen atoms in total. The average molecular weight is 385 g/mol. The molecule has 28 heavy (non-hydrogen) atoms. The Kier molecular flexibility index (Phi) is 6.68. The number of amides is 1. The van der Waals surface area contributed by atoms with Crippen molar-refractivity contribution in [1.82, 2.24) is 14.9 Å². The number of aromatic nitrogens is 2. The molecule has 0 aliphatic carbocycles. The fourth-order valence-corrected chi connectivity index (χ4v) is 3.27. The predicted octanol–water partition coefficient (Wildman–Crippen LogP) is 2.67. The third-order valence-electron chi connectivity index (χ3n) is 4.90. The Morgan fingerprint density at radius 2 is 1.89 bits per heavy atom. The van der Waals surface area contributed by atoms with Crippen molar-refractivity contribution in [1.29, 1.82) is 0 Å². The maximum absolute atomic E-state index is 12.8. The molecule has 1 saturated heterocycles. The largest absolute Gasteiger partial charge is 0.493 e. The SMILES string of the molecule is CCc1cnc(OC2CCCN(C(=O)Cc3ccc(OC)c(OC)c3)C2)nc1. The molecule has 0 saturated carbocycles. The Morgan fingerprint density at radius 1 is 1.14 bits per heavy atom. The molecule has 1 aliphatic rings. The Morgan fingerprint density at radius 3 is 2.57 bits per heavy atom. The fourth-order valence-electron chi connectivity index (χ4n) is 3.27. The number of hydrogen-bond acceptors (Lipinski definition) is 6. The Labute approximate surface area is 165 Å². The van der Waals surface area contributed by atoms with Gasteiger partial charge in [0.25, 0.3) is 0 Å². The molecule has 2 aromatic rings. The quantitative estimate of drug-likeness (QED) is 0.730. The zero-order valence-corrected chi connectivity index (χ0v) is 16.7. The van der Waals surface area contributed by atoms with Crippen molar-refractivity contribution in [2.75, 3.05) is 27.3 Å². The molecule has 2 heterocycles. The Hall–Kier alpha value is -2.83. The van der Waals surface area contributed by atoms with E-state index in [1.165, 1.54) is 0 Å². The first-order valence-electron chi connectivity index (χ1n) is 9.59. The van der Waals surface area contributed by atoms with Crippen LogP contribution in [-0.2, 0) is 17.6 Å². The van der Waals surface area contributed by atoms with E-state index in [2.05, 4.69) is 16.9 Å². The molecule has 0 N–H and O–H groups in total. The lowest BCUT2D eigenvalue weighted by Crippen LogP contribution is -2.45. The highest BCUT2D eigenvalue weighted by atomic mass is 16.5. The second-order valence-corrected chi connectivity index (χ2v) is 6.82. The molecule has 1 amide bonds. The van der Waals surface area contributed by atoms with E-state index in [1.54, 1.807) is 26.6 Å². The van der Waals surface area contributed by atoms with Gasteiger partial charge in [-0.25, -0.2) is 9.97 Å². The van der Waals surface area contributed by atoms with Gasteiger partial charge in [-0.15, -0.1) is 0 Å². The van der Waals surface area contributed by atoms with Crippen LogP contribution in [0.4, 0.5) is 0 Å². The van der Waals surface area contributed by atoms with E-state index in [0.717, 1.165) is 36.9 Å². The van der Waals surface area contributed by atoms with Crippen molar-refractivity contribution < 1.29 is 19.0 Å². The summed E-state index contributed by atoms with van der Waals surface area (Å²) in [6, 6.07) is 5.93. The van der Waals surface area contributed by atoms with Crippen LogP contribution in [0.1, 0.15) is 30.9 Å². The smallest absolute Gasteiger partial charge is 0.316 e. The van der Waals surface area contributed by atoms with E-state index < -0.39 is 0 Å². The van der Waals surface area contributed by atoms with Crippen LogP contribution in [0, 0.1) is 0 Å². The number of methoxy groups -OCH3 is 2. The summed E-state index contributed by atoms with van der Waals surface area (Å²) < 4.78 is 16.5. The lowest BCUT2D eigenvalue weighted by Gasteiger charge is -2.32. The monoisotopic (exact) mass is 385 g/mol. The van der Waals surface area contributed by atoms with Crippen molar-refractivity contribution in [3.8, 4) is 17.5 Å². The van der Waals surface area contributed by atoms with E-state index in [0.29, 0.717) is 30.5 Å². The van der Waals surface area contributed by atoms with E-state index in [9.17, 15) is 4.79 Å². The second-order valence-electron chi connectivity index (χ2n) is 6.82. The van der Waals surface area contributed by atoms with Crippen LogP contribution in [0.25, 0.3) is 0 Å². The lowest BCUT2D eigenvalue weighted by molar-refractivity contribution is -0.133. The third-order valence-corrected chi connectivity index (χ3v) is 4.90. The molecule has 0 bridgehead atoms. The first kappa shape index (κ1) is 19.9. The summed E-state index contributed by atoms with van der Waals surface area (Å²) in [5.74, 6) is 1.35. The van der Waals surface area contributed by atoms with E-state index in [1.807, 2.05) is 23.1 Å². The second kappa shape index (κ2) is 9.39. The molecule has 1 aliphatic heterocycles. The highest BCUT2D eigenvalue weighted by Gasteiger charge is 2.25. The molecule has 3 rings (SSSR count). The van der Waals surface area contributed by atoms with E-state index >= 15 is 0 Å². The molecule has 0 radical (unpaired) electrons. The van der Waals surface area contributed by atoms with Gasteiger partial charge >= 0.3 is 6.01 Å². The van der Waals surface area contributed by atoms with Crippen LogP contribution in [0.3, 0.4) is 0 Å². The predicted molar refractivity (Wildman–Crippen MR) is 105 cm³/mol. The minimum atomic E-state index is -0.0874. The van der Waals surface area contributed by atoms with Gasteiger partial charge in [-0.1, -0.05) is 13.0 Å². The fraction of sp³-hybridized carbons (Fsp3) is 0.476. The number of likely N-dealkylation sites (tertiary alicyclic amines) is 1. The number of carbonyl (C=O) groups is 1. The van der Waals surface area contributed by atoms with Crippen LogP contribution in [0.2, 0.25) is 0 Å². The molecule has 1 aromatic carbocycles. The highest BCUT2D eigenvalue weighted by Crippen LogP contribution is 2.28. The van der Waals surface area contributed by atoms with Gasteiger partial charge in [0, 0.05) is 18.9 Å². The summed E-state index contributed by atoms with van der Waals surface area (Å²) in [5.41, 5.74) is 1.96. The minimum absolute atomic E-state index is 0.0720. The van der Waals surface area contributed by atoms with Gasteiger partial charge in [-0.2, -0.15) is 0 Å². The van der Waals surface area contributed by atoms with Crippen LogP contribution >= 0.6 is 0 Å². The lowest BCUT2D eigenvalue weighted by atomic mass is 10.1. The molecule has 7 heteroatoms. The van der Waals surface area contributed by atoms with Gasteiger partial charge < -0.3 is 19.1 Å². The van der Waals surface area contributed by atoms with Gasteiger partial charge in [0.2, 0.25) is 5.91 Å². The molecule has 0 spiro atoms. The number of piperidine rings is 1. The molecular weight excluding hydrogens is 358 g/mol. The van der Waals surface area contributed by atoms with Gasteiger partial charge in [0.05, 0.1) is 27.2 Å². The molecular formula is C21H27N3O4. The van der Waals surface area contributed by atoms with Gasteiger partial charge in [0.15, 0.2) is 11.5 Å². The van der Waals surface area contributed by atoms with Crippen molar-refractivity contribution in [2.45, 2.75) is 38.7 Å². The maximum atomic E-state index is 12.8. The van der Waals surface area contributed by atoms with Gasteiger partial charge in [-0.3, -0.25) is 4.79 Å². The van der Waals surface area contributed by atoms with Crippen LogP contribution in [0.15, 0.2) is 30.6 Å². The van der Waals surface area contributed by atoms with E-state index in [-0.39, 0.29) is 12.0 Å². The van der Waals surface area contributed by atoms with E-state index in [4.69, 9.17) is 14.2 Å². The zero-order valence-electron chi connectivity index (χ0n) is 16.7. The van der Waals surface area contributed by atoms with Crippen LogP contribution in [0.5, 0.6) is 17.5 Å². The van der Waals surface area contributed by atoms with Crippen molar-refractivity contribution in [2.24, 2.45) is 0 Å². The topological polar surface area (TPSA) is 73.8 Å². The van der Waals surface area contributed by atoms with Gasteiger partial charge in [0.1, 0.15) is 6.10 Å². The van der Waals surface area contributed by atoms with Gasteiger partial charge in [-0.05, 0) is 42.5 Å². The molecule has 1 atom stereocenters. The summed E-state index contributed by atoms with van der Waals surface area (Å²) in [6.45, 7) is 3.34. The standard InChI is InChI=1S/C21H27N3O4/c1-4-15-12-22-21(23-13-15)28-17-6-5-9-24(14-17)20(25)11-16-7-8-18(26-2)19(10-16)27-3/h7-8,10,12-13,17H,4-6,9,11,14H2,1-3H3. The number of carbonyl (C=O) groups excluding carboxylic acids is 1. The number of hydrogen-bond donors (Lipinski definition) is 0. The number of aryl methyl sites for hydroxylation is 1. The van der Waals surface area contributed by atoms with Crippen molar-refractivity contribution in [3.63, 3.8) is 0 Å². The first-order chi connectivity index (χ1) is 13.6. The first-order valence-corrected chi connectivity index (χ1v) is 9.59. The van der Waals surface area contributed by atoms with Crippen molar-refractivity contribution in [3.05, 3.63) is 41.7 Å². The summed E-state index contributed by atoms with van der Waals surface area (Å²) in [5, 5.41) is 0. The Bertz CT molecular complexity index is 795. The minimum Gasteiger partial charge on any atom is -0.493 e. The molecule has 1 aromatic heterocycles. The zero-order chi connectivity index (χ0) is 19.9. The highest BCUT2D eigenvalue weighted by molar-refractivity contribution is 5.79. The number of benzene rings is 1. The molecule has 1 unspecified atom stereocenters. The summed E-state index contributed by atoms with van der Waals surface area (Å²) >= 11 is 0. The summed E-state index contributed by atoms with van der Waals surface area (Å²) in [6.07, 6.45) is 6.47. The average Bonchev–Trinajstić information content (AvgIpc) is 2.74. The molecule has 150 valence electrons. The van der Waals surface area contributed by atoms with Crippen molar-refractivity contribution >= 4 is 5.91 Å². The maximum Gasteiger partial charge on any atom is 0.316 e. The number of ether oxygens (including phenoxy) is 3. The summed E-state index contributed by atoms with van der Waals surface area (Å²) in [4.78, 5) is 23.1. The van der Waals surface area contributed by atoms with Crippen LogP contribution in [-0.4, -0.2) is 54.2 Å². The Balaban J connectivity index is 1.59. The molecule has 1 fully saturated rings. The van der Waals surface area contributed by atoms with Crippen LogP contribution < -0.4 is 14.2 Å².